The highest BCUT2D eigenvalue weighted by Crippen LogP contribution is 2.20. The Kier molecular flexibility index (Phi) is 6.99. The molecule has 0 aliphatic heterocycles. The van der Waals surface area contributed by atoms with Crippen LogP contribution in [0.3, 0.4) is 0 Å². The van der Waals surface area contributed by atoms with E-state index in [1.807, 2.05) is 46.8 Å². The van der Waals surface area contributed by atoms with Gasteiger partial charge in [-0.3, -0.25) is 4.79 Å². The third-order valence-corrected chi connectivity index (χ3v) is 3.88. The standard InChI is InChI=1S/C19H30N2O4/c1-12(2)16(20)17(22)21(6)15(18(23)24)11-13-7-9-14(10-8-13)25-19(3,4)5/h7-10,12,15-16H,11,20H2,1-6H3,(H,23,24)/t15-,16+/m0/s1. The molecule has 1 amide bonds. The second-order valence-corrected chi connectivity index (χ2v) is 7.64. The van der Waals surface area contributed by atoms with Gasteiger partial charge in [0.15, 0.2) is 0 Å². The number of nitrogens with two attached hydrogens (primary N) is 1. The summed E-state index contributed by atoms with van der Waals surface area (Å²) in [7, 11) is 1.49. The molecule has 0 radical (unpaired) electrons. The van der Waals surface area contributed by atoms with E-state index in [2.05, 4.69) is 0 Å². The van der Waals surface area contributed by atoms with Gasteiger partial charge in [0.2, 0.25) is 5.91 Å². The predicted molar refractivity (Wildman–Crippen MR) is 97.5 cm³/mol. The molecule has 2 atom stereocenters. The van der Waals surface area contributed by atoms with Gasteiger partial charge in [-0.15, -0.1) is 0 Å². The average Bonchev–Trinajstić information content (AvgIpc) is 2.50. The van der Waals surface area contributed by atoms with Gasteiger partial charge in [0.1, 0.15) is 17.4 Å². The summed E-state index contributed by atoms with van der Waals surface area (Å²) >= 11 is 0. The van der Waals surface area contributed by atoms with Crippen molar-refractivity contribution < 1.29 is 19.4 Å². The summed E-state index contributed by atoms with van der Waals surface area (Å²) in [5.41, 5.74) is 6.38. The molecule has 0 bridgehead atoms. The molecule has 0 saturated heterocycles. The molecule has 1 rings (SSSR count). The van der Waals surface area contributed by atoms with Crippen molar-refractivity contribution in [1.29, 1.82) is 0 Å². The number of nitrogens with zero attached hydrogens (tertiary/aromatic N) is 1. The number of likely N-dealkylation sites (N-methyl/N-ethyl adjacent to an activating group) is 1. The van der Waals surface area contributed by atoms with Gasteiger partial charge in [-0.25, -0.2) is 4.79 Å². The third kappa shape index (κ3) is 6.38. The van der Waals surface area contributed by atoms with Crippen LogP contribution in [0.1, 0.15) is 40.2 Å². The maximum absolute atomic E-state index is 12.3. The molecule has 140 valence electrons. The molecule has 6 heteroatoms. The Balaban J connectivity index is 2.88. The zero-order valence-electron chi connectivity index (χ0n) is 15.9. The molecule has 0 saturated carbocycles. The van der Waals surface area contributed by atoms with Crippen LogP contribution >= 0.6 is 0 Å². The molecule has 0 aliphatic rings. The first-order valence-electron chi connectivity index (χ1n) is 8.45. The number of rotatable bonds is 7. The Morgan fingerprint density at radius 1 is 1.20 bits per heavy atom. The molecule has 25 heavy (non-hydrogen) atoms. The number of carbonyl (C=O) groups is 2. The van der Waals surface area contributed by atoms with Gasteiger partial charge in [-0.1, -0.05) is 26.0 Å². The molecule has 1 aromatic rings. The van der Waals surface area contributed by atoms with Crippen molar-refractivity contribution in [1.82, 2.24) is 4.90 Å². The highest BCUT2D eigenvalue weighted by atomic mass is 16.5. The van der Waals surface area contributed by atoms with Crippen molar-refractivity contribution in [3.8, 4) is 5.75 Å². The first-order valence-corrected chi connectivity index (χ1v) is 8.45. The van der Waals surface area contributed by atoms with Crippen molar-refractivity contribution in [2.24, 2.45) is 11.7 Å². The summed E-state index contributed by atoms with van der Waals surface area (Å²) in [6.45, 7) is 9.54. The topological polar surface area (TPSA) is 92.9 Å². The van der Waals surface area contributed by atoms with Crippen LogP contribution in [-0.4, -0.2) is 46.6 Å². The molecule has 0 fully saturated rings. The first kappa shape index (κ1) is 21.0. The van der Waals surface area contributed by atoms with Crippen LogP contribution in [0.4, 0.5) is 0 Å². The zero-order chi connectivity index (χ0) is 19.4. The fourth-order valence-corrected chi connectivity index (χ4v) is 2.33. The molecule has 0 aliphatic carbocycles. The van der Waals surface area contributed by atoms with E-state index in [0.29, 0.717) is 0 Å². The zero-order valence-corrected chi connectivity index (χ0v) is 15.9. The second-order valence-electron chi connectivity index (χ2n) is 7.64. The van der Waals surface area contributed by atoms with E-state index in [9.17, 15) is 14.7 Å². The number of ether oxygens (including phenoxy) is 1. The molecule has 0 unspecified atom stereocenters. The summed E-state index contributed by atoms with van der Waals surface area (Å²) in [5, 5.41) is 9.52. The van der Waals surface area contributed by atoms with Gasteiger partial charge < -0.3 is 20.5 Å². The van der Waals surface area contributed by atoms with Gasteiger partial charge in [-0.05, 0) is 44.4 Å². The number of benzene rings is 1. The van der Waals surface area contributed by atoms with Gasteiger partial charge >= 0.3 is 5.97 Å². The smallest absolute Gasteiger partial charge is 0.326 e. The number of carboxylic acid groups (broad SMARTS) is 1. The summed E-state index contributed by atoms with van der Waals surface area (Å²) in [6.07, 6.45) is 0.207. The summed E-state index contributed by atoms with van der Waals surface area (Å²) in [4.78, 5) is 25.2. The summed E-state index contributed by atoms with van der Waals surface area (Å²) in [5.74, 6) is -0.760. The Hall–Kier alpha value is -2.08. The van der Waals surface area contributed by atoms with Crippen molar-refractivity contribution in [2.45, 2.75) is 58.7 Å². The quantitative estimate of drug-likeness (QED) is 0.787. The van der Waals surface area contributed by atoms with Crippen LogP contribution in [0, 0.1) is 5.92 Å². The highest BCUT2D eigenvalue weighted by molar-refractivity contribution is 5.87. The van der Waals surface area contributed by atoms with E-state index in [0.717, 1.165) is 11.3 Å². The largest absolute Gasteiger partial charge is 0.488 e. The van der Waals surface area contributed by atoms with Gasteiger partial charge in [0.05, 0.1) is 6.04 Å². The summed E-state index contributed by atoms with van der Waals surface area (Å²) < 4.78 is 5.76. The molecular weight excluding hydrogens is 320 g/mol. The Labute approximate surface area is 150 Å². The van der Waals surface area contributed by atoms with Crippen LogP contribution in [0.2, 0.25) is 0 Å². The lowest BCUT2D eigenvalue weighted by Gasteiger charge is -2.29. The normalized spacial score (nSPS) is 14.1. The maximum Gasteiger partial charge on any atom is 0.326 e. The van der Waals surface area contributed by atoms with Crippen LogP contribution < -0.4 is 10.5 Å². The lowest BCUT2D eigenvalue weighted by Crippen LogP contribution is -2.51. The van der Waals surface area contributed by atoms with Crippen LogP contribution in [0.15, 0.2) is 24.3 Å². The minimum Gasteiger partial charge on any atom is -0.488 e. The Bertz CT molecular complexity index is 590. The van der Waals surface area contributed by atoms with E-state index in [1.165, 1.54) is 11.9 Å². The van der Waals surface area contributed by atoms with E-state index < -0.39 is 18.1 Å². The predicted octanol–water partition coefficient (Wildman–Crippen LogP) is 2.30. The number of carbonyl (C=O) groups excluding carboxylic acids is 1. The third-order valence-electron chi connectivity index (χ3n) is 3.88. The molecular formula is C19H30N2O4. The van der Waals surface area contributed by atoms with E-state index in [4.69, 9.17) is 10.5 Å². The van der Waals surface area contributed by atoms with Gasteiger partial charge in [-0.2, -0.15) is 0 Å². The van der Waals surface area contributed by atoms with Gasteiger partial charge in [0, 0.05) is 13.5 Å². The summed E-state index contributed by atoms with van der Waals surface area (Å²) in [6, 6.07) is 5.57. The van der Waals surface area contributed by atoms with Crippen molar-refractivity contribution in [3.05, 3.63) is 29.8 Å². The second kappa shape index (κ2) is 8.34. The number of hydrogen-bond acceptors (Lipinski definition) is 4. The minimum absolute atomic E-state index is 0.0572. The van der Waals surface area contributed by atoms with Crippen molar-refractivity contribution in [2.75, 3.05) is 7.05 Å². The molecule has 6 nitrogen and oxygen atoms in total. The first-order chi connectivity index (χ1) is 11.4. The van der Waals surface area contributed by atoms with Crippen LogP contribution in [0.5, 0.6) is 5.75 Å². The monoisotopic (exact) mass is 350 g/mol. The Morgan fingerprint density at radius 2 is 1.72 bits per heavy atom. The van der Waals surface area contributed by atoms with E-state index in [-0.39, 0.29) is 23.8 Å². The Morgan fingerprint density at radius 3 is 2.12 bits per heavy atom. The fraction of sp³-hybridized carbons (Fsp3) is 0.579. The number of aliphatic carboxylic acids is 1. The maximum atomic E-state index is 12.3. The number of amides is 1. The van der Waals surface area contributed by atoms with Gasteiger partial charge in [0.25, 0.3) is 0 Å². The molecule has 0 aromatic heterocycles. The fourth-order valence-electron chi connectivity index (χ4n) is 2.33. The molecule has 3 N–H and O–H groups in total. The lowest BCUT2D eigenvalue weighted by molar-refractivity contribution is -0.149. The van der Waals surface area contributed by atoms with Crippen molar-refractivity contribution >= 4 is 11.9 Å². The SMILES string of the molecule is CC(C)[C@@H](N)C(=O)N(C)[C@@H](Cc1ccc(OC(C)(C)C)cc1)C(=O)O. The number of hydrogen-bond donors (Lipinski definition) is 2. The van der Waals surface area contributed by atoms with E-state index >= 15 is 0 Å². The van der Waals surface area contributed by atoms with Crippen molar-refractivity contribution in [3.63, 3.8) is 0 Å². The highest BCUT2D eigenvalue weighted by Gasteiger charge is 2.30. The molecule has 0 heterocycles. The lowest BCUT2D eigenvalue weighted by atomic mass is 10.0. The number of carboxylic acids is 1. The molecule has 1 aromatic carbocycles. The molecule has 0 spiro atoms. The minimum atomic E-state index is -1.05. The van der Waals surface area contributed by atoms with Crippen LogP contribution in [0.25, 0.3) is 0 Å². The average molecular weight is 350 g/mol. The van der Waals surface area contributed by atoms with E-state index in [1.54, 1.807) is 12.1 Å². The van der Waals surface area contributed by atoms with Crippen LogP contribution in [-0.2, 0) is 16.0 Å².